The Morgan fingerprint density at radius 3 is 2.74 bits per heavy atom. The van der Waals surface area contributed by atoms with Gasteiger partial charge in [-0.15, -0.1) is 6.42 Å². The third-order valence-electron chi connectivity index (χ3n) is 2.56. The average Bonchev–Trinajstić information content (AvgIpc) is 2.43. The van der Waals surface area contributed by atoms with Crippen LogP contribution in [0.2, 0.25) is 0 Å². The molecule has 4 heteroatoms. The summed E-state index contributed by atoms with van der Waals surface area (Å²) in [5.41, 5.74) is 0.525. The highest BCUT2D eigenvalue weighted by molar-refractivity contribution is 5.94. The van der Waals surface area contributed by atoms with Gasteiger partial charge in [0.25, 0.3) is 5.91 Å². The zero-order chi connectivity index (χ0) is 14.1. The van der Waals surface area contributed by atoms with Crippen molar-refractivity contribution >= 4 is 5.91 Å². The van der Waals surface area contributed by atoms with Crippen molar-refractivity contribution in [3.05, 3.63) is 29.8 Å². The largest absolute Gasteiger partial charge is 0.481 e. The number of carbonyl (C=O) groups excluding carboxylic acids is 1. The van der Waals surface area contributed by atoms with E-state index in [9.17, 15) is 9.90 Å². The number of benzene rings is 1. The van der Waals surface area contributed by atoms with Crippen LogP contribution in [-0.2, 0) is 0 Å². The molecule has 1 aromatic carbocycles. The number of carbonyl (C=O) groups is 1. The van der Waals surface area contributed by atoms with Crippen molar-refractivity contribution in [3.8, 4) is 18.1 Å². The first-order chi connectivity index (χ1) is 9.17. The second-order valence-electron chi connectivity index (χ2n) is 4.17. The Labute approximate surface area is 113 Å². The van der Waals surface area contributed by atoms with Crippen LogP contribution in [0.1, 0.15) is 30.1 Å². The SMILES string of the molecule is C#CCOc1ccc(C(=O)NCC(O)CCC)cc1. The lowest BCUT2D eigenvalue weighted by Crippen LogP contribution is -2.31. The van der Waals surface area contributed by atoms with Gasteiger partial charge in [0.1, 0.15) is 12.4 Å². The Balaban J connectivity index is 2.46. The van der Waals surface area contributed by atoms with E-state index >= 15 is 0 Å². The van der Waals surface area contributed by atoms with Gasteiger partial charge in [0.05, 0.1) is 6.10 Å². The van der Waals surface area contributed by atoms with Crippen LogP contribution in [0.3, 0.4) is 0 Å². The average molecular weight is 261 g/mol. The molecule has 0 aromatic heterocycles. The Morgan fingerprint density at radius 2 is 2.16 bits per heavy atom. The van der Waals surface area contributed by atoms with Gasteiger partial charge < -0.3 is 15.2 Å². The highest BCUT2D eigenvalue weighted by Gasteiger charge is 2.08. The van der Waals surface area contributed by atoms with E-state index in [1.165, 1.54) is 0 Å². The monoisotopic (exact) mass is 261 g/mol. The van der Waals surface area contributed by atoms with E-state index in [0.29, 0.717) is 17.7 Å². The fourth-order valence-electron chi connectivity index (χ4n) is 1.58. The third-order valence-corrected chi connectivity index (χ3v) is 2.56. The molecular weight excluding hydrogens is 242 g/mol. The van der Waals surface area contributed by atoms with Crippen LogP contribution in [0, 0.1) is 12.3 Å². The molecule has 0 bridgehead atoms. The molecule has 102 valence electrons. The summed E-state index contributed by atoms with van der Waals surface area (Å²) >= 11 is 0. The van der Waals surface area contributed by atoms with Gasteiger partial charge in [0.15, 0.2) is 0 Å². The van der Waals surface area contributed by atoms with Crippen molar-refractivity contribution < 1.29 is 14.6 Å². The normalized spacial score (nSPS) is 11.4. The number of aliphatic hydroxyl groups is 1. The van der Waals surface area contributed by atoms with E-state index in [-0.39, 0.29) is 19.1 Å². The van der Waals surface area contributed by atoms with Crippen LogP contribution in [0.5, 0.6) is 5.75 Å². The van der Waals surface area contributed by atoms with Gasteiger partial charge in [-0.2, -0.15) is 0 Å². The summed E-state index contributed by atoms with van der Waals surface area (Å²) in [5.74, 6) is 2.78. The fourth-order valence-corrected chi connectivity index (χ4v) is 1.58. The van der Waals surface area contributed by atoms with Gasteiger partial charge >= 0.3 is 0 Å². The Hall–Kier alpha value is -1.99. The van der Waals surface area contributed by atoms with E-state index in [0.717, 1.165) is 6.42 Å². The zero-order valence-corrected chi connectivity index (χ0v) is 11.1. The molecule has 0 saturated carbocycles. The summed E-state index contributed by atoms with van der Waals surface area (Å²) in [4.78, 5) is 11.8. The van der Waals surface area contributed by atoms with E-state index in [2.05, 4.69) is 11.2 Å². The summed E-state index contributed by atoms with van der Waals surface area (Å²) in [7, 11) is 0. The van der Waals surface area contributed by atoms with Crippen LogP contribution in [0.25, 0.3) is 0 Å². The first-order valence-corrected chi connectivity index (χ1v) is 6.30. The summed E-state index contributed by atoms with van der Waals surface area (Å²) in [6.07, 6.45) is 6.16. The molecule has 1 unspecified atom stereocenters. The molecule has 0 heterocycles. The van der Waals surface area contributed by atoms with E-state index in [1.807, 2.05) is 6.92 Å². The number of rotatable bonds is 7. The lowest BCUT2D eigenvalue weighted by molar-refractivity contribution is 0.0910. The van der Waals surface area contributed by atoms with Crippen LogP contribution in [0.15, 0.2) is 24.3 Å². The van der Waals surface area contributed by atoms with Crippen molar-refractivity contribution in [1.29, 1.82) is 0 Å². The Bertz CT molecular complexity index is 434. The van der Waals surface area contributed by atoms with Crippen molar-refractivity contribution in [2.24, 2.45) is 0 Å². The topological polar surface area (TPSA) is 58.6 Å². The number of hydrogen-bond acceptors (Lipinski definition) is 3. The third kappa shape index (κ3) is 5.45. The summed E-state index contributed by atoms with van der Waals surface area (Å²) in [6, 6.07) is 6.70. The molecule has 0 aliphatic rings. The fraction of sp³-hybridized carbons (Fsp3) is 0.400. The molecule has 1 rings (SSSR count). The Morgan fingerprint density at radius 1 is 1.47 bits per heavy atom. The minimum atomic E-state index is -0.493. The second-order valence-corrected chi connectivity index (χ2v) is 4.17. The number of aliphatic hydroxyl groups excluding tert-OH is 1. The maximum Gasteiger partial charge on any atom is 0.251 e. The van der Waals surface area contributed by atoms with Crippen molar-refractivity contribution in [2.75, 3.05) is 13.2 Å². The molecule has 0 radical (unpaired) electrons. The molecule has 4 nitrogen and oxygen atoms in total. The van der Waals surface area contributed by atoms with Gasteiger partial charge in [-0.05, 0) is 30.7 Å². The van der Waals surface area contributed by atoms with Gasteiger partial charge in [-0.3, -0.25) is 4.79 Å². The van der Waals surface area contributed by atoms with Crippen LogP contribution < -0.4 is 10.1 Å². The first kappa shape index (κ1) is 15.1. The zero-order valence-electron chi connectivity index (χ0n) is 11.1. The number of amides is 1. The molecule has 0 spiro atoms. The lowest BCUT2D eigenvalue weighted by Gasteiger charge is -2.11. The summed E-state index contributed by atoms with van der Waals surface area (Å²) < 4.78 is 5.21. The van der Waals surface area contributed by atoms with Crippen molar-refractivity contribution in [3.63, 3.8) is 0 Å². The minimum Gasteiger partial charge on any atom is -0.481 e. The molecule has 0 aliphatic heterocycles. The predicted octanol–water partition coefficient (Wildman–Crippen LogP) is 1.59. The maximum atomic E-state index is 11.8. The summed E-state index contributed by atoms with van der Waals surface area (Å²) in [6.45, 7) is 2.46. The maximum absolute atomic E-state index is 11.8. The van der Waals surface area contributed by atoms with E-state index in [1.54, 1.807) is 24.3 Å². The van der Waals surface area contributed by atoms with Crippen molar-refractivity contribution in [1.82, 2.24) is 5.32 Å². The van der Waals surface area contributed by atoms with Crippen molar-refractivity contribution in [2.45, 2.75) is 25.9 Å². The van der Waals surface area contributed by atoms with Gasteiger partial charge in [0, 0.05) is 12.1 Å². The number of nitrogens with one attached hydrogen (secondary N) is 1. The molecular formula is C15H19NO3. The molecule has 0 aliphatic carbocycles. The molecule has 0 saturated heterocycles. The first-order valence-electron chi connectivity index (χ1n) is 6.30. The van der Waals surface area contributed by atoms with Crippen LogP contribution in [-0.4, -0.2) is 30.3 Å². The van der Waals surface area contributed by atoms with Gasteiger partial charge in [-0.25, -0.2) is 0 Å². The molecule has 0 fully saturated rings. The smallest absolute Gasteiger partial charge is 0.251 e. The quantitative estimate of drug-likeness (QED) is 0.733. The van der Waals surface area contributed by atoms with E-state index < -0.39 is 6.10 Å². The van der Waals surface area contributed by atoms with E-state index in [4.69, 9.17) is 11.2 Å². The van der Waals surface area contributed by atoms with Crippen LogP contribution in [0.4, 0.5) is 0 Å². The van der Waals surface area contributed by atoms with Gasteiger partial charge in [0.2, 0.25) is 0 Å². The Kier molecular flexibility index (Phi) is 6.48. The highest BCUT2D eigenvalue weighted by Crippen LogP contribution is 2.11. The minimum absolute atomic E-state index is 0.203. The molecule has 1 aromatic rings. The van der Waals surface area contributed by atoms with Gasteiger partial charge in [-0.1, -0.05) is 19.3 Å². The number of ether oxygens (including phenoxy) is 1. The predicted molar refractivity (Wildman–Crippen MR) is 74.0 cm³/mol. The molecule has 19 heavy (non-hydrogen) atoms. The second kappa shape index (κ2) is 8.17. The van der Waals surface area contributed by atoms with Crippen LogP contribution >= 0.6 is 0 Å². The molecule has 2 N–H and O–H groups in total. The number of hydrogen-bond donors (Lipinski definition) is 2. The summed E-state index contributed by atoms with van der Waals surface area (Å²) in [5, 5.41) is 12.2. The lowest BCUT2D eigenvalue weighted by atomic mass is 10.2. The number of terminal acetylenes is 1. The molecule has 1 atom stereocenters. The standard InChI is InChI=1S/C15H19NO3/c1-3-5-13(17)11-16-15(18)12-6-8-14(9-7-12)19-10-4-2/h2,6-9,13,17H,3,5,10-11H2,1H3,(H,16,18). The molecule has 1 amide bonds. The highest BCUT2D eigenvalue weighted by atomic mass is 16.5.